The van der Waals surface area contributed by atoms with Gasteiger partial charge in [-0.25, -0.2) is 0 Å². The van der Waals surface area contributed by atoms with Gasteiger partial charge >= 0.3 is 0 Å². The Kier molecular flexibility index (Phi) is 6.66. The van der Waals surface area contributed by atoms with Gasteiger partial charge in [0.05, 0.1) is 51.0 Å². The molecule has 0 aliphatic carbocycles. The highest BCUT2D eigenvalue weighted by Crippen LogP contribution is 2.46. The summed E-state index contributed by atoms with van der Waals surface area (Å²) in [5.41, 5.74) is 13.9. The molecule has 0 saturated carbocycles. The molecule has 9 aromatic rings. The van der Waals surface area contributed by atoms with E-state index in [1.165, 1.54) is 16.3 Å². The molecule has 50 heavy (non-hydrogen) atoms. The van der Waals surface area contributed by atoms with Crippen molar-refractivity contribution in [1.82, 2.24) is 9.13 Å². The summed E-state index contributed by atoms with van der Waals surface area (Å²) in [6, 6.07) is 55.3. The van der Waals surface area contributed by atoms with E-state index in [-0.39, 0.29) is 0 Å². The molecular formula is C46H30N4. The number of aryl methyl sites for hydroxylation is 2. The fourth-order valence-electron chi connectivity index (χ4n) is 7.87. The molecule has 0 saturated heterocycles. The Bertz CT molecular complexity index is 2890. The number of nitrogens with zero attached hydrogens (tertiary/aromatic N) is 4. The molecule has 0 N–H and O–H groups in total. The predicted molar refractivity (Wildman–Crippen MR) is 205 cm³/mol. The first-order chi connectivity index (χ1) is 24.6. The van der Waals surface area contributed by atoms with Gasteiger partial charge in [0.25, 0.3) is 0 Å². The number of nitriles is 2. The summed E-state index contributed by atoms with van der Waals surface area (Å²) in [4.78, 5) is 0. The molecule has 0 fully saturated rings. The fraction of sp³-hybridized carbons (Fsp3) is 0.0435. The van der Waals surface area contributed by atoms with E-state index in [4.69, 9.17) is 0 Å². The molecule has 234 valence electrons. The quantitative estimate of drug-likeness (QED) is 0.193. The normalized spacial score (nSPS) is 11.4. The van der Waals surface area contributed by atoms with E-state index < -0.39 is 0 Å². The van der Waals surface area contributed by atoms with E-state index in [1.807, 2.05) is 6.07 Å². The Morgan fingerprint density at radius 3 is 1.88 bits per heavy atom. The molecule has 0 atom stereocenters. The average molecular weight is 639 g/mol. The van der Waals surface area contributed by atoms with Crippen LogP contribution in [0.3, 0.4) is 0 Å². The second kappa shape index (κ2) is 11.4. The third-order valence-electron chi connectivity index (χ3n) is 10.0. The predicted octanol–water partition coefficient (Wildman–Crippen LogP) is 11.6. The Morgan fingerprint density at radius 2 is 1.14 bits per heavy atom. The number of hydrogen-bond donors (Lipinski definition) is 0. The molecule has 2 aromatic heterocycles. The van der Waals surface area contributed by atoms with Crippen LogP contribution < -0.4 is 0 Å². The highest BCUT2D eigenvalue weighted by atomic mass is 15.0. The van der Waals surface area contributed by atoms with Gasteiger partial charge in [-0.2, -0.15) is 10.5 Å². The molecule has 0 unspecified atom stereocenters. The van der Waals surface area contributed by atoms with Gasteiger partial charge in [-0.05, 0) is 90.7 Å². The number of benzene rings is 7. The number of rotatable bonds is 4. The first-order valence-corrected chi connectivity index (χ1v) is 16.7. The molecule has 9 rings (SSSR count). The highest BCUT2D eigenvalue weighted by molar-refractivity contribution is 6.21. The van der Waals surface area contributed by atoms with Gasteiger partial charge in [-0.15, -0.1) is 0 Å². The summed E-state index contributed by atoms with van der Waals surface area (Å²) < 4.78 is 4.71. The maximum absolute atomic E-state index is 10.3. The molecule has 4 heteroatoms. The van der Waals surface area contributed by atoms with Crippen LogP contribution in [0.15, 0.2) is 146 Å². The summed E-state index contributed by atoms with van der Waals surface area (Å²) in [7, 11) is 0. The topological polar surface area (TPSA) is 57.4 Å². The van der Waals surface area contributed by atoms with Gasteiger partial charge in [0.15, 0.2) is 0 Å². The minimum absolute atomic E-state index is 0.520. The summed E-state index contributed by atoms with van der Waals surface area (Å²) in [6.07, 6.45) is 0. The molecule has 2 heterocycles. The molecule has 0 spiro atoms. The minimum atomic E-state index is 0.520. The largest absolute Gasteiger partial charge is 0.309 e. The van der Waals surface area contributed by atoms with Crippen LogP contribution >= 0.6 is 0 Å². The van der Waals surface area contributed by atoms with Crippen LogP contribution in [0.4, 0.5) is 0 Å². The third-order valence-corrected chi connectivity index (χ3v) is 10.0. The zero-order valence-corrected chi connectivity index (χ0v) is 27.6. The summed E-state index contributed by atoms with van der Waals surface area (Å²) in [5, 5.41) is 24.8. The SMILES string of the molecule is Cc1cccc(C)c1-n1c2ccccc2c2c(-c3ccc4c(c3)c3ccccc3n4-c3ccccc3)ccc(-c3cc(C#N)ccc3C#N)c21. The number of aromatic nitrogens is 2. The Hall–Kier alpha value is -6.88. The molecule has 7 aromatic carbocycles. The second-order valence-electron chi connectivity index (χ2n) is 12.9. The summed E-state index contributed by atoms with van der Waals surface area (Å²) >= 11 is 0. The van der Waals surface area contributed by atoms with Crippen molar-refractivity contribution in [2.45, 2.75) is 13.8 Å². The van der Waals surface area contributed by atoms with Crippen molar-refractivity contribution in [2.75, 3.05) is 0 Å². The first-order valence-electron chi connectivity index (χ1n) is 16.7. The lowest BCUT2D eigenvalue weighted by molar-refractivity contribution is 1.12. The molecule has 0 aliphatic heterocycles. The fourth-order valence-corrected chi connectivity index (χ4v) is 7.87. The Labute approximate surface area is 289 Å². The maximum atomic E-state index is 10.3. The maximum Gasteiger partial charge on any atom is 0.0998 e. The van der Waals surface area contributed by atoms with Crippen LogP contribution in [0.5, 0.6) is 0 Å². The zero-order chi connectivity index (χ0) is 33.9. The van der Waals surface area contributed by atoms with Crippen LogP contribution in [0, 0.1) is 36.5 Å². The van der Waals surface area contributed by atoms with E-state index in [0.717, 1.165) is 72.1 Å². The van der Waals surface area contributed by atoms with Crippen LogP contribution in [0.25, 0.3) is 77.2 Å². The molecule has 0 bridgehead atoms. The van der Waals surface area contributed by atoms with Crippen LogP contribution in [-0.4, -0.2) is 9.13 Å². The molecule has 0 radical (unpaired) electrons. The smallest absolute Gasteiger partial charge is 0.0998 e. The lowest BCUT2D eigenvalue weighted by atomic mass is 9.91. The van der Waals surface area contributed by atoms with Gasteiger partial charge in [0, 0.05) is 38.4 Å². The van der Waals surface area contributed by atoms with Crippen LogP contribution in [-0.2, 0) is 0 Å². The van der Waals surface area contributed by atoms with Crippen LogP contribution in [0.1, 0.15) is 22.3 Å². The average Bonchev–Trinajstić information content (AvgIpc) is 3.68. The Morgan fingerprint density at radius 1 is 0.480 bits per heavy atom. The zero-order valence-electron chi connectivity index (χ0n) is 27.6. The van der Waals surface area contributed by atoms with E-state index in [1.54, 1.807) is 12.1 Å². The van der Waals surface area contributed by atoms with Gasteiger partial charge in [0.1, 0.15) is 0 Å². The molecule has 0 aliphatic rings. The third kappa shape index (κ3) is 4.30. The van der Waals surface area contributed by atoms with Crippen molar-refractivity contribution in [2.24, 2.45) is 0 Å². The van der Waals surface area contributed by atoms with Gasteiger partial charge in [0.2, 0.25) is 0 Å². The van der Waals surface area contributed by atoms with Crippen molar-refractivity contribution in [3.63, 3.8) is 0 Å². The Balaban J connectivity index is 1.43. The number of hydrogen-bond acceptors (Lipinski definition) is 2. The van der Waals surface area contributed by atoms with E-state index in [2.05, 4.69) is 163 Å². The summed E-state index contributed by atoms with van der Waals surface area (Å²) in [6.45, 7) is 4.31. The van der Waals surface area contributed by atoms with E-state index >= 15 is 0 Å². The van der Waals surface area contributed by atoms with Crippen molar-refractivity contribution in [3.8, 4) is 45.8 Å². The number of para-hydroxylation sites is 4. The monoisotopic (exact) mass is 638 g/mol. The lowest BCUT2D eigenvalue weighted by Crippen LogP contribution is -2.01. The first kappa shape index (κ1) is 29.3. The van der Waals surface area contributed by atoms with Crippen molar-refractivity contribution < 1.29 is 0 Å². The number of fused-ring (bicyclic) bond motifs is 6. The minimum Gasteiger partial charge on any atom is -0.309 e. The van der Waals surface area contributed by atoms with Gasteiger partial charge in [-0.1, -0.05) is 91.0 Å². The highest BCUT2D eigenvalue weighted by Gasteiger charge is 2.23. The van der Waals surface area contributed by atoms with E-state index in [0.29, 0.717) is 11.1 Å². The van der Waals surface area contributed by atoms with Crippen LogP contribution in [0.2, 0.25) is 0 Å². The standard InChI is InChI=1S/C46H30N4/c1-29-11-10-12-30(2)45(29)50-42-18-9-7-16-38(42)44-35(22-23-37(46(44)50)39-25-31(27-47)19-20-33(39)28-48)32-21-24-43-40(26-32)36-15-6-8-17-41(36)49(43)34-13-4-3-5-14-34/h3-26H,1-2H3. The van der Waals surface area contributed by atoms with Gasteiger partial charge in [-0.3, -0.25) is 0 Å². The van der Waals surface area contributed by atoms with Crippen molar-refractivity contribution in [1.29, 1.82) is 10.5 Å². The van der Waals surface area contributed by atoms with Crippen molar-refractivity contribution in [3.05, 3.63) is 168 Å². The molecule has 4 nitrogen and oxygen atoms in total. The van der Waals surface area contributed by atoms with Crippen molar-refractivity contribution >= 4 is 43.6 Å². The summed E-state index contributed by atoms with van der Waals surface area (Å²) in [5.74, 6) is 0. The molecule has 0 amide bonds. The molecular weight excluding hydrogens is 609 g/mol. The van der Waals surface area contributed by atoms with Gasteiger partial charge < -0.3 is 9.13 Å². The second-order valence-corrected chi connectivity index (χ2v) is 12.9. The van der Waals surface area contributed by atoms with E-state index in [9.17, 15) is 10.5 Å². The lowest BCUT2D eigenvalue weighted by Gasteiger charge is -2.18.